The lowest BCUT2D eigenvalue weighted by molar-refractivity contribution is -0.138. The number of halogens is 4. The molecule has 0 atom stereocenters. The summed E-state index contributed by atoms with van der Waals surface area (Å²) in [6.45, 7) is 2.63. The SMILES string of the molecule is COc1ccc(CC2CCN(C(=O)C3CCN(c4ncc(C(F)(F)F)cc4Cl)CC3)CC2)cc1. The van der Waals surface area contributed by atoms with Gasteiger partial charge in [-0.05, 0) is 61.8 Å². The summed E-state index contributed by atoms with van der Waals surface area (Å²) < 4.78 is 43.8. The minimum Gasteiger partial charge on any atom is -0.497 e. The highest BCUT2D eigenvalue weighted by Crippen LogP contribution is 2.35. The molecule has 0 bridgehead atoms. The fraction of sp³-hybridized carbons (Fsp3) is 0.520. The highest BCUT2D eigenvalue weighted by molar-refractivity contribution is 6.33. The third kappa shape index (κ3) is 5.77. The predicted molar refractivity (Wildman–Crippen MR) is 125 cm³/mol. The zero-order chi connectivity index (χ0) is 24.3. The number of hydrogen-bond acceptors (Lipinski definition) is 4. The van der Waals surface area contributed by atoms with Gasteiger partial charge < -0.3 is 14.5 Å². The molecule has 4 rings (SSSR count). The van der Waals surface area contributed by atoms with Gasteiger partial charge in [0.25, 0.3) is 0 Å². The molecule has 1 amide bonds. The number of likely N-dealkylation sites (tertiary alicyclic amines) is 1. The predicted octanol–water partition coefficient (Wildman–Crippen LogP) is 5.46. The first kappa shape index (κ1) is 24.6. The number of benzene rings is 1. The van der Waals surface area contributed by atoms with Crippen LogP contribution in [-0.4, -0.2) is 49.1 Å². The third-order valence-electron chi connectivity index (χ3n) is 6.90. The number of nitrogens with zero attached hydrogens (tertiary/aromatic N) is 3. The monoisotopic (exact) mass is 495 g/mol. The summed E-state index contributed by atoms with van der Waals surface area (Å²) in [5, 5.41) is -0.0152. The van der Waals surface area contributed by atoms with Crippen molar-refractivity contribution >= 4 is 23.3 Å². The lowest BCUT2D eigenvalue weighted by Crippen LogP contribution is -2.45. The van der Waals surface area contributed by atoms with Crippen molar-refractivity contribution < 1.29 is 22.7 Å². The van der Waals surface area contributed by atoms with E-state index in [0.29, 0.717) is 37.7 Å². The topological polar surface area (TPSA) is 45.7 Å². The molecule has 34 heavy (non-hydrogen) atoms. The van der Waals surface area contributed by atoms with Crippen molar-refractivity contribution in [2.75, 3.05) is 38.2 Å². The molecule has 184 valence electrons. The van der Waals surface area contributed by atoms with Crippen molar-refractivity contribution in [3.63, 3.8) is 0 Å². The van der Waals surface area contributed by atoms with E-state index < -0.39 is 11.7 Å². The summed E-state index contributed by atoms with van der Waals surface area (Å²) in [7, 11) is 1.66. The van der Waals surface area contributed by atoms with E-state index in [1.807, 2.05) is 21.9 Å². The Morgan fingerprint density at radius 2 is 1.74 bits per heavy atom. The summed E-state index contributed by atoms with van der Waals surface area (Å²) in [6.07, 6.45) is 0.604. The molecule has 9 heteroatoms. The number of methoxy groups -OCH3 is 1. The lowest BCUT2D eigenvalue weighted by Gasteiger charge is -2.38. The Kier molecular flexibility index (Phi) is 7.55. The van der Waals surface area contributed by atoms with Crippen molar-refractivity contribution in [2.24, 2.45) is 11.8 Å². The number of aromatic nitrogens is 1. The number of hydrogen-bond donors (Lipinski definition) is 0. The van der Waals surface area contributed by atoms with Gasteiger partial charge in [0.2, 0.25) is 5.91 Å². The maximum Gasteiger partial charge on any atom is 0.417 e. The lowest BCUT2D eigenvalue weighted by atomic mass is 9.88. The number of rotatable bonds is 5. The number of amides is 1. The molecule has 1 aromatic heterocycles. The molecule has 2 fully saturated rings. The van der Waals surface area contributed by atoms with Crippen molar-refractivity contribution in [3.8, 4) is 5.75 Å². The fourth-order valence-corrected chi connectivity index (χ4v) is 5.15. The molecule has 5 nitrogen and oxygen atoms in total. The van der Waals surface area contributed by atoms with Gasteiger partial charge in [0, 0.05) is 38.3 Å². The molecule has 2 aliphatic rings. The molecule has 2 aromatic rings. The van der Waals surface area contributed by atoms with Crippen molar-refractivity contribution in [2.45, 2.75) is 38.3 Å². The van der Waals surface area contributed by atoms with Gasteiger partial charge in [-0.25, -0.2) is 4.98 Å². The summed E-state index contributed by atoms with van der Waals surface area (Å²) in [4.78, 5) is 20.9. The number of carbonyl (C=O) groups is 1. The quantitative estimate of drug-likeness (QED) is 0.552. The Balaban J connectivity index is 1.25. The van der Waals surface area contributed by atoms with Crippen LogP contribution < -0.4 is 9.64 Å². The van der Waals surface area contributed by atoms with Crippen LogP contribution in [0.1, 0.15) is 36.8 Å². The number of anilines is 1. The van der Waals surface area contributed by atoms with Gasteiger partial charge in [-0.3, -0.25) is 4.79 Å². The molecule has 1 aromatic carbocycles. The first-order valence-electron chi connectivity index (χ1n) is 11.6. The molecule has 0 saturated carbocycles. The molecular formula is C25H29ClF3N3O2. The third-order valence-corrected chi connectivity index (χ3v) is 7.18. The van der Waals surface area contributed by atoms with E-state index in [4.69, 9.17) is 16.3 Å². The van der Waals surface area contributed by atoms with Gasteiger partial charge in [-0.2, -0.15) is 13.2 Å². The van der Waals surface area contributed by atoms with E-state index in [1.165, 1.54) is 5.56 Å². The van der Waals surface area contributed by atoms with Crippen LogP contribution in [0.15, 0.2) is 36.5 Å². The van der Waals surface area contributed by atoms with Gasteiger partial charge in [0.05, 0.1) is 17.7 Å². The summed E-state index contributed by atoms with van der Waals surface area (Å²) in [5.74, 6) is 1.88. The second kappa shape index (κ2) is 10.4. The van der Waals surface area contributed by atoms with Crippen LogP contribution in [0.25, 0.3) is 0 Å². The van der Waals surface area contributed by atoms with Crippen LogP contribution in [0.4, 0.5) is 19.0 Å². The van der Waals surface area contributed by atoms with Gasteiger partial charge in [0.15, 0.2) is 0 Å². The Morgan fingerprint density at radius 3 is 2.29 bits per heavy atom. The minimum atomic E-state index is -4.48. The molecule has 3 heterocycles. The Labute approximate surface area is 202 Å². The molecule has 0 N–H and O–H groups in total. The van der Waals surface area contributed by atoms with Crippen LogP contribution in [-0.2, 0) is 17.4 Å². The summed E-state index contributed by atoms with van der Waals surface area (Å²) in [6, 6.07) is 9.07. The van der Waals surface area contributed by atoms with Crippen LogP contribution in [0, 0.1) is 11.8 Å². The molecular weight excluding hydrogens is 467 g/mol. The Morgan fingerprint density at radius 1 is 1.09 bits per heavy atom. The van der Waals surface area contributed by atoms with Gasteiger partial charge in [-0.1, -0.05) is 23.7 Å². The first-order chi connectivity index (χ1) is 16.2. The molecule has 0 unspecified atom stereocenters. The Bertz CT molecular complexity index is 984. The van der Waals surface area contributed by atoms with E-state index >= 15 is 0 Å². The smallest absolute Gasteiger partial charge is 0.417 e. The van der Waals surface area contributed by atoms with E-state index in [2.05, 4.69) is 17.1 Å². The maximum atomic E-state index is 13.1. The van der Waals surface area contributed by atoms with E-state index in [1.54, 1.807) is 7.11 Å². The van der Waals surface area contributed by atoms with Crippen LogP contribution in [0.2, 0.25) is 5.02 Å². The number of pyridine rings is 1. The first-order valence-corrected chi connectivity index (χ1v) is 12.0. The Hall–Kier alpha value is -2.48. The molecule has 0 radical (unpaired) electrons. The van der Waals surface area contributed by atoms with Crippen molar-refractivity contribution in [1.82, 2.24) is 9.88 Å². The zero-order valence-electron chi connectivity index (χ0n) is 19.2. The second-order valence-electron chi connectivity index (χ2n) is 9.11. The van der Waals surface area contributed by atoms with Gasteiger partial charge in [0.1, 0.15) is 11.6 Å². The fourth-order valence-electron chi connectivity index (χ4n) is 4.87. The standard InChI is InChI=1S/C25H29ClF3N3O2/c1-34-21-4-2-17(3-5-21)14-18-6-10-32(11-7-18)24(33)19-8-12-31(13-9-19)23-22(26)15-20(16-30-23)25(27,28)29/h2-5,15-16,18-19H,6-14H2,1H3. The number of carbonyl (C=O) groups excluding carboxylic acids is 1. The second-order valence-corrected chi connectivity index (χ2v) is 9.52. The number of alkyl halides is 3. The number of ether oxygens (including phenoxy) is 1. The number of piperidine rings is 2. The highest BCUT2D eigenvalue weighted by Gasteiger charge is 2.34. The highest BCUT2D eigenvalue weighted by atomic mass is 35.5. The van der Waals surface area contributed by atoms with E-state index in [9.17, 15) is 18.0 Å². The van der Waals surface area contributed by atoms with Crippen molar-refractivity contribution in [1.29, 1.82) is 0 Å². The van der Waals surface area contributed by atoms with Gasteiger partial charge >= 0.3 is 6.18 Å². The normalized spacial score (nSPS) is 18.3. The molecule has 2 saturated heterocycles. The summed E-state index contributed by atoms with van der Waals surface area (Å²) in [5.41, 5.74) is 0.426. The van der Waals surface area contributed by atoms with Crippen LogP contribution in [0.5, 0.6) is 5.75 Å². The maximum absolute atomic E-state index is 13.1. The zero-order valence-corrected chi connectivity index (χ0v) is 19.9. The van der Waals surface area contributed by atoms with Crippen LogP contribution >= 0.6 is 11.6 Å². The van der Waals surface area contributed by atoms with E-state index in [0.717, 1.165) is 50.4 Å². The van der Waals surface area contributed by atoms with E-state index in [-0.39, 0.29) is 16.8 Å². The molecule has 0 aliphatic carbocycles. The molecule has 0 spiro atoms. The van der Waals surface area contributed by atoms with Crippen LogP contribution in [0.3, 0.4) is 0 Å². The van der Waals surface area contributed by atoms with Crippen molar-refractivity contribution in [3.05, 3.63) is 52.7 Å². The largest absolute Gasteiger partial charge is 0.497 e. The average Bonchev–Trinajstić information content (AvgIpc) is 2.84. The average molecular weight is 496 g/mol. The van der Waals surface area contributed by atoms with Gasteiger partial charge in [-0.15, -0.1) is 0 Å². The minimum absolute atomic E-state index is 0.0152. The summed E-state index contributed by atoms with van der Waals surface area (Å²) >= 11 is 6.09. The molecule has 2 aliphatic heterocycles.